The van der Waals surface area contributed by atoms with Gasteiger partial charge < -0.3 is 10.6 Å². The fourth-order valence-corrected chi connectivity index (χ4v) is 2.74. The van der Waals surface area contributed by atoms with E-state index < -0.39 is 0 Å². The van der Waals surface area contributed by atoms with Crippen LogP contribution in [-0.4, -0.2) is 28.8 Å². The maximum absolute atomic E-state index is 12.2. The van der Waals surface area contributed by atoms with E-state index in [1.165, 1.54) is 0 Å². The Hall–Kier alpha value is -1.85. The van der Waals surface area contributed by atoms with Gasteiger partial charge in [0.05, 0.1) is 24.3 Å². The Balaban J connectivity index is 1.58. The molecule has 1 aliphatic rings. The van der Waals surface area contributed by atoms with Gasteiger partial charge in [-0.1, -0.05) is 23.7 Å². The number of amides is 1. The highest BCUT2D eigenvalue weighted by Gasteiger charge is 2.21. The maximum atomic E-state index is 12.2. The molecule has 2 N–H and O–H groups in total. The van der Waals surface area contributed by atoms with E-state index in [0.29, 0.717) is 6.54 Å². The number of rotatable bonds is 4. The molecule has 1 unspecified atom stereocenters. The summed E-state index contributed by atoms with van der Waals surface area (Å²) < 4.78 is 1.80. The smallest absolute Gasteiger partial charge is 0.228 e. The maximum Gasteiger partial charge on any atom is 0.228 e. The van der Waals surface area contributed by atoms with Crippen molar-refractivity contribution in [1.29, 1.82) is 0 Å². The highest BCUT2D eigenvalue weighted by molar-refractivity contribution is 6.30. The second-order valence-electron chi connectivity index (χ2n) is 5.59. The van der Waals surface area contributed by atoms with E-state index >= 15 is 0 Å². The molecular weight excluding hydrogens is 300 g/mol. The molecule has 0 spiro atoms. The van der Waals surface area contributed by atoms with E-state index in [4.69, 9.17) is 11.6 Å². The molecule has 3 rings (SSSR count). The van der Waals surface area contributed by atoms with Gasteiger partial charge in [0, 0.05) is 17.8 Å². The zero-order valence-corrected chi connectivity index (χ0v) is 13.0. The van der Waals surface area contributed by atoms with Crippen LogP contribution >= 0.6 is 11.6 Å². The van der Waals surface area contributed by atoms with Crippen molar-refractivity contribution < 1.29 is 4.79 Å². The van der Waals surface area contributed by atoms with Gasteiger partial charge in [0.2, 0.25) is 5.91 Å². The van der Waals surface area contributed by atoms with Crippen molar-refractivity contribution in [1.82, 2.24) is 15.1 Å². The standard InChI is InChI=1S/C16H19ClN4O/c17-14-5-3-12(4-6-14)10-21-11-15(9-19-21)20-16(22)13-2-1-7-18-8-13/h3-6,9,11,13,18H,1-2,7-8,10H2,(H,20,22). The Kier molecular flexibility index (Phi) is 4.75. The molecule has 6 heteroatoms. The Bertz CT molecular complexity index is 632. The number of nitrogens with one attached hydrogen (secondary N) is 2. The topological polar surface area (TPSA) is 59.0 Å². The van der Waals surface area contributed by atoms with Gasteiger partial charge in [-0.2, -0.15) is 5.10 Å². The molecule has 0 aliphatic carbocycles. The van der Waals surface area contributed by atoms with Crippen LogP contribution < -0.4 is 10.6 Å². The van der Waals surface area contributed by atoms with Crippen molar-refractivity contribution in [2.24, 2.45) is 5.92 Å². The van der Waals surface area contributed by atoms with Gasteiger partial charge in [-0.05, 0) is 37.1 Å². The summed E-state index contributed by atoms with van der Waals surface area (Å²) in [5, 5.41) is 11.2. The van der Waals surface area contributed by atoms with Gasteiger partial charge in [-0.3, -0.25) is 9.48 Å². The fourth-order valence-electron chi connectivity index (χ4n) is 2.61. The van der Waals surface area contributed by atoms with Crippen molar-refractivity contribution in [2.45, 2.75) is 19.4 Å². The van der Waals surface area contributed by atoms with E-state index in [1.807, 2.05) is 30.5 Å². The van der Waals surface area contributed by atoms with Crippen LogP contribution in [0.1, 0.15) is 18.4 Å². The average molecular weight is 319 g/mol. The molecule has 0 bridgehead atoms. The normalized spacial score (nSPS) is 18.1. The summed E-state index contributed by atoms with van der Waals surface area (Å²) >= 11 is 5.87. The van der Waals surface area contributed by atoms with Gasteiger partial charge in [0.15, 0.2) is 0 Å². The highest BCUT2D eigenvalue weighted by atomic mass is 35.5. The minimum Gasteiger partial charge on any atom is -0.323 e. The van der Waals surface area contributed by atoms with Crippen LogP contribution in [0.25, 0.3) is 0 Å². The zero-order valence-electron chi connectivity index (χ0n) is 12.3. The van der Waals surface area contributed by atoms with Crippen molar-refractivity contribution in [3.05, 3.63) is 47.2 Å². The number of aromatic nitrogens is 2. The van der Waals surface area contributed by atoms with Crippen LogP contribution in [0.2, 0.25) is 5.02 Å². The summed E-state index contributed by atoms with van der Waals surface area (Å²) in [6.45, 7) is 2.41. The molecule has 2 heterocycles. The van der Waals surface area contributed by atoms with E-state index in [2.05, 4.69) is 15.7 Å². The largest absolute Gasteiger partial charge is 0.323 e. The third-order valence-corrected chi connectivity index (χ3v) is 4.08. The highest BCUT2D eigenvalue weighted by Crippen LogP contribution is 2.15. The quantitative estimate of drug-likeness (QED) is 0.910. The third-order valence-electron chi connectivity index (χ3n) is 3.83. The molecule has 1 aliphatic heterocycles. The number of benzene rings is 1. The Morgan fingerprint density at radius 2 is 2.23 bits per heavy atom. The summed E-state index contributed by atoms with van der Waals surface area (Å²) in [6.07, 6.45) is 5.53. The molecule has 22 heavy (non-hydrogen) atoms. The van der Waals surface area contributed by atoms with Crippen LogP contribution in [0.4, 0.5) is 5.69 Å². The molecule has 5 nitrogen and oxygen atoms in total. The monoisotopic (exact) mass is 318 g/mol. The van der Waals surface area contributed by atoms with Crippen LogP contribution in [0, 0.1) is 5.92 Å². The number of carbonyl (C=O) groups is 1. The number of anilines is 1. The molecule has 1 saturated heterocycles. The number of hydrogen-bond donors (Lipinski definition) is 2. The Morgan fingerprint density at radius 1 is 1.41 bits per heavy atom. The zero-order chi connectivity index (χ0) is 15.4. The summed E-state index contributed by atoms with van der Waals surface area (Å²) in [5.41, 5.74) is 1.85. The first-order valence-electron chi connectivity index (χ1n) is 7.49. The van der Waals surface area contributed by atoms with Gasteiger partial charge in [0.25, 0.3) is 0 Å². The van der Waals surface area contributed by atoms with E-state index in [9.17, 15) is 4.79 Å². The molecule has 0 saturated carbocycles. The number of halogens is 1. The molecule has 1 fully saturated rings. The molecule has 116 valence electrons. The Morgan fingerprint density at radius 3 is 2.95 bits per heavy atom. The first-order chi connectivity index (χ1) is 10.7. The van der Waals surface area contributed by atoms with Crippen LogP contribution in [0.3, 0.4) is 0 Å². The van der Waals surface area contributed by atoms with Crippen LogP contribution in [0.5, 0.6) is 0 Å². The lowest BCUT2D eigenvalue weighted by Crippen LogP contribution is -2.37. The second-order valence-corrected chi connectivity index (χ2v) is 6.02. The molecule has 1 aromatic heterocycles. The number of nitrogens with zero attached hydrogens (tertiary/aromatic N) is 2. The van der Waals surface area contributed by atoms with E-state index in [0.717, 1.165) is 42.2 Å². The molecule has 1 atom stereocenters. The molecule has 1 amide bonds. The van der Waals surface area contributed by atoms with Gasteiger partial charge >= 0.3 is 0 Å². The first-order valence-corrected chi connectivity index (χ1v) is 7.87. The lowest BCUT2D eigenvalue weighted by Gasteiger charge is -2.21. The number of carbonyl (C=O) groups excluding carboxylic acids is 1. The summed E-state index contributed by atoms with van der Waals surface area (Å²) in [4.78, 5) is 12.2. The molecule has 0 radical (unpaired) electrons. The van der Waals surface area contributed by atoms with Crippen molar-refractivity contribution in [3.63, 3.8) is 0 Å². The first kappa shape index (κ1) is 15.1. The SMILES string of the molecule is O=C(Nc1cnn(Cc2ccc(Cl)cc2)c1)C1CCCNC1. The molecular formula is C16H19ClN4O. The third kappa shape index (κ3) is 3.87. The van der Waals surface area contributed by atoms with Gasteiger partial charge in [0.1, 0.15) is 0 Å². The van der Waals surface area contributed by atoms with Gasteiger partial charge in [-0.25, -0.2) is 0 Å². The average Bonchev–Trinajstić information content (AvgIpc) is 2.97. The van der Waals surface area contributed by atoms with Gasteiger partial charge in [-0.15, -0.1) is 0 Å². The molecule has 1 aromatic carbocycles. The summed E-state index contributed by atoms with van der Waals surface area (Å²) in [7, 11) is 0. The second kappa shape index (κ2) is 6.94. The van der Waals surface area contributed by atoms with Crippen molar-refractivity contribution in [2.75, 3.05) is 18.4 Å². The summed E-state index contributed by atoms with van der Waals surface area (Å²) in [5.74, 6) is 0.117. The van der Waals surface area contributed by atoms with E-state index in [-0.39, 0.29) is 11.8 Å². The molecule has 2 aromatic rings. The number of hydrogen-bond acceptors (Lipinski definition) is 3. The number of piperidine rings is 1. The fraction of sp³-hybridized carbons (Fsp3) is 0.375. The summed E-state index contributed by atoms with van der Waals surface area (Å²) in [6, 6.07) is 7.66. The predicted molar refractivity (Wildman–Crippen MR) is 87.0 cm³/mol. The lowest BCUT2D eigenvalue weighted by atomic mass is 9.99. The van der Waals surface area contributed by atoms with Crippen molar-refractivity contribution in [3.8, 4) is 0 Å². The minimum atomic E-state index is 0.0494. The Labute approximate surface area is 134 Å². The minimum absolute atomic E-state index is 0.0494. The van der Waals surface area contributed by atoms with Crippen LogP contribution in [0.15, 0.2) is 36.7 Å². The van der Waals surface area contributed by atoms with E-state index in [1.54, 1.807) is 10.9 Å². The lowest BCUT2D eigenvalue weighted by molar-refractivity contribution is -0.120. The predicted octanol–water partition coefficient (Wildman–Crippen LogP) is 2.52. The van der Waals surface area contributed by atoms with Crippen LogP contribution in [-0.2, 0) is 11.3 Å². The van der Waals surface area contributed by atoms with Crippen molar-refractivity contribution >= 4 is 23.2 Å².